The largest absolute Gasteiger partial charge is 0.497 e. The molecule has 1 amide bonds. The van der Waals surface area contributed by atoms with Gasteiger partial charge >= 0.3 is 0 Å². The van der Waals surface area contributed by atoms with E-state index in [0.29, 0.717) is 5.75 Å². The second-order valence-electron chi connectivity index (χ2n) is 4.68. The van der Waals surface area contributed by atoms with Gasteiger partial charge in [0, 0.05) is 0 Å². The maximum atomic E-state index is 13.5. The second-order valence-corrected chi connectivity index (χ2v) is 4.68. The van der Waals surface area contributed by atoms with Crippen LogP contribution in [-0.2, 0) is 0 Å². The lowest BCUT2D eigenvalue weighted by Crippen LogP contribution is -2.13. The Morgan fingerprint density at radius 1 is 1.17 bits per heavy atom. The van der Waals surface area contributed by atoms with E-state index in [1.165, 1.54) is 23.0 Å². The van der Waals surface area contributed by atoms with Crippen LogP contribution in [0.5, 0.6) is 5.75 Å². The highest BCUT2D eigenvalue weighted by atomic mass is 19.1. The minimum Gasteiger partial charge on any atom is -0.497 e. The molecule has 3 aromatic rings. The number of carbonyl (C=O) groups excluding carboxylic acids is 1. The Hall–Kier alpha value is -3.22. The molecule has 1 aromatic heterocycles. The summed E-state index contributed by atoms with van der Waals surface area (Å²) < 4.78 is 20.1. The molecule has 0 atom stereocenters. The average Bonchev–Trinajstić information content (AvgIpc) is 3.07. The summed E-state index contributed by atoms with van der Waals surface area (Å²) >= 11 is 0. The summed E-state index contributed by atoms with van der Waals surface area (Å²) in [7, 11) is 1.58. The van der Waals surface area contributed by atoms with E-state index in [-0.39, 0.29) is 11.4 Å². The van der Waals surface area contributed by atoms with Crippen LogP contribution in [0.15, 0.2) is 54.7 Å². The van der Waals surface area contributed by atoms with Crippen LogP contribution in [0.2, 0.25) is 0 Å². The highest BCUT2D eigenvalue weighted by Gasteiger charge is 2.13. The lowest BCUT2D eigenvalue weighted by atomic mass is 10.3. The SMILES string of the molecule is COc1ccc(-n2cc(C(=O)Nc3ccccc3F)nn2)cc1. The molecule has 1 N–H and O–H groups in total. The maximum Gasteiger partial charge on any atom is 0.277 e. The molecule has 0 bridgehead atoms. The number of anilines is 1. The first-order chi connectivity index (χ1) is 11.2. The van der Waals surface area contributed by atoms with Crippen LogP contribution in [0.4, 0.5) is 10.1 Å². The number of benzene rings is 2. The Morgan fingerprint density at radius 2 is 1.91 bits per heavy atom. The van der Waals surface area contributed by atoms with E-state index in [1.807, 2.05) is 0 Å². The molecule has 23 heavy (non-hydrogen) atoms. The summed E-state index contributed by atoms with van der Waals surface area (Å²) in [6, 6.07) is 13.0. The minimum absolute atomic E-state index is 0.0871. The monoisotopic (exact) mass is 312 g/mol. The van der Waals surface area contributed by atoms with Crippen molar-refractivity contribution in [2.24, 2.45) is 0 Å². The molecule has 0 unspecified atom stereocenters. The zero-order chi connectivity index (χ0) is 16.2. The summed E-state index contributed by atoms with van der Waals surface area (Å²) in [6.45, 7) is 0. The fourth-order valence-corrected chi connectivity index (χ4v) is 1.98. The zero-order valence-electron chi connectivity index (χ0n) is 12.2. The number of nitrogens with zero attached hydrogens (tertiary/aromatic N) is 3. The molecule has 0 spiro atoms. The Kier molecular flexibility index (Phi) is 4.01. The van der Waals surface area contributed by atoms with Crippen molar-refractivity contribution in [3.05, 3.63) is 66.2 Å². The van der Waals surface area contributed by atoms with Gasteiger partial charge in [0.1, 0.15) is 11.6 Å². The molecule has 0 saturated carbocycles. The lowest BCUT2D eigenvalue weighted by molar-refractivity contribution is 0.102. The first-order valence-corrected chi connectivity index (χ1v) is 6.80. The number of amides is 1. The fourth-order valence-electron chi connectivity index (χ4n) is 1.98. The maximum absolute atomic E-state index is 13.5. The fraction of sp³-hybridized carbons (Fsp3) is 0.0625. The van der Waals surface area contributed by atoms with Crippen molar-refractivity contribution in [3.63, 3.8) is 0 Å². The highest BCUT2D eigenvalue weighted by Crippen LogP contribution is 2.16. The van der Waals surface area contributed by atoms with Gasteiger partial charge in [-0.1, -0.05) is 17.3 Å². The number of aromatic nitrogens is 3. The topological polar surface area (TPSA) is 69.0 Å². The smallest absolute Gasteiger partial charge is 0.277 e. The third-order valence-electron chi connectivity index (χ3n) is 3.19. The molecular weight excluding hydrogens is 299 g/mol. The standard InChI is InChI=1S/C16H13FN4O2/c1-23-12-8-6-11(7-9-12)21-10-15(19-20-21)16(22)18-14-5-3-2-4-13(14)17/h2-10H,1H3,(H,18,22). The van der Waals surface area contributed by atoms with Crippen molar-refractivity contribution in [3.8, 4) is 11.4 Å². The van der Waals surface area contributed by atoms with Gasteiger partial charge in [-0.3, -0.25) is 4.79 Å². The minimum atomic E-state index is -0.533. The predicted molar refractivity (Wildman–Crippen MR) is 82.3 cm³/mol. The molecule has 0 fully saturated rings. The van der Waals surface area contributed by atoms with Crippen molar-refractivity contribution in [2.45, 2.75) is 0 Å². The van der Waals surface area contributed by atoms with E-state index in [0.717, 1.165) is 5.69 Å². The number of hydrogen-bond donors (Lipinski definition) is 1. The lowest BCUT2D eigenvalue weighted by Gasteiger charge is -2.03. The van der Waals surface area contributed by atoms with Gasteiger partial charge in [-0.2, -0.15) is 0 Å². The van der Waals surface area contributed by atoms with Gasteiger partial charge in [0.05, 0.1) is 24.7 Å². The summed E-state index contributed by atoms with van der Waals surface area (Å²) in [5.74, 6) is -0.329. The summed E-state index contributed by atoms with van der Waals surface area (Å²) in [5.41, 5.74) is 0.906. The second kappa shape index (κ2) is 6.27. The summed E-state index contributed by atoms with van der Waals surface area (Å²) in [6.07, 6.45) is 1.47. The van der Waals surface area contributed by atoms with Crippen LogP contribution in [-0.4, -0.2) is 28.0 Å². The highest BCUT2D eigenvalue weighted by molar-refractivity contribution is 6.02. The Balaban J connectivity index is 1.78. The summed E-state index contributed by atoms with van der Waals surface area (Å²) in [4.78, 5) is 12.1. The molecule has 0 aliphatic carbocycles. The van der Waals surface area contributed by atoms with E-state index in [9.17, 15) is 9.18 Å². The molecule has 0 saturated heterocycles. The van der Waals surface area contributed by atoms with Crippen LogP contribution in [0, 0.1) is 5.82 Å². The number of hydrogen-bond acceptors (Lipinski definition) is 4. The third kappa shape index (κ3) is 3.18. The Labute approximate surface area is 131 Å². The van der Waals surface area contributed by atoms with Gasteiger partial charge in [0.25, 0.3) is 5.91 Å². The van der Waals surface area contributed by atoms with E-state index in [1.54, 1.807) is 43.5 Å². The molecule has 2 aromatic carbocycles. The number of rotatable bonds is 4. The zero-order valence-corrected chi connectivity index (χ0v) is 12.2. The van der Waals surface area contributed by atoms with Gasteiger partial charge in [0.2, 0.25) is 0 Å². The van der Waals surface area contributed by atoms with Crippen molar-refractivity contribution in [2.75, 3.05) is 12.4 Å². The molecule has 0 aliphatic rings. The molecule has 0 aliphatic heterocycles. The van der Waals surface area contributed by atoms with Crippen molar-refractivity contribution >= 4 is 11.6 Å². The number of methoxy groups -OCH3 is 1. The molecule has 116 valence electrons. The summed E-state index contributed by atoms with van der Waals surface area (Å²) in [5, 5.41) is 10.2. The van der Waals surface area contributed by atoms with Crippen LogP contribution in [0.25, 0.3) is 5.69 Å². The quantitative estimate of drug-likeness (QED) is 0.804. The van der Waals surface area contributed by atoms with Gasteiger partial charge in [-0.05, 0) is 36.4 Å². The number of carbonyl (C=O) groups is 1. The van der Waals surface area contributed by atoms with Gasteiger partial charge in [0.15, 0.2) is 5.69 Å². The van der Waals surface area contributed by atoms with E-state index in [4.69, 9.17) is 4.74 Å². The van der Waals surface area contributed by atoms with Crippen LogP contribution >= 0.6 is 0 Å². The van der Waals surface area contributed by atoms with Crippen molar-refractivity contribution in [1.82, 2.24) is 15.0 Å². The molecular formula is C16H13FN4O2. The Morgan fingerprint density at radius 3 is 2.61 bits per heavy atom. The first kappa shape index (κ1) is 14.7. The third-order valence-corrected chi connectivity index (χ3v) is 3.19. The molecule has 3 rings (SSSR count). The molecule has 0 radical (unpaired) electrons. The van der Waals surface area contributed by atoms with Crippen molar-refractivity contribution < 1.29 is 13.9 Å². The van der Waals surface area contributed by atoms with Crippen LogP contribution in [0.3, 0.4) is 0 Å². The first-order valence-electron chi connectivity index (χ1n) is 6.80. The van der Waals surface area contributed by atoms with Gasteiger partial charge in [-0.25, -0.2) is 9.07 Å². The number of nitrogens with one attached hydrogen (secondary N) is 1. The average molecular weight is 312 g/mol. The number of para-hydroxylation sites is 1. The normalized spacial score (nSPS) is 10.3. The van der Waals surface area contributed by atoms with Crippen LogP contribution < -0.4 is 10.1 Å². The number of ether oxygens (including phenoxy) is 1. The van der Waals surface area contributed by atoms with E-state index in [2.05, 4.69) is 15.6 Å². The molecule has 1 heterocycles. The van der Waals surface area contributed by atoms with Gasteiger partial charge < -0.3 is 10.1 Å². The van der Waals surface area contributed by atoms with E-state index < -0.39 is 11.7 Å². The van der Waals surface area contributed by atoms with Crippen molar-refractivity contribution in [1.29, 1.82) is 0 Å². The van der Waals surface area contributed by atoms with Crippen LogP contribution in [0.1, 0.15) is 10.5 Å². The van der Waals surface area contributed by atoms with Gasteiger partial charge in [-0.15, -0.1) is 5.10 Å². The molecule has 7 heteroatoms. The Bertz CT molecular complexity index is 830. The predicted octanol–water partition coefficient (Wildman–Crippen LogP) is 2.67. The molecule has 6 nitrogen and oxygen atoms in total. The van der Waals surface area contributed by atoms with E-state index >= 15 is 0 Å². The number of halogens is 1.